The zero-order chi connectivity index (χ0) is 18.2. The Morgan fingerprint density at radius 1 is 0.960 bits per heavy atom. The summed E-state index contributed by atoms with van der Waals surface area (Å²) in [5.41, 5.74) is -1.94. The first kappa shape index (κ1) is 17.8. The van der Waals surface area contributed by atoms with Crippen LogP contribution in [0.2, 0.25) is 0 Å². The van der Waals surface area contributed by atoms with Crippen molar-refractivity contribution in [2.24, 2.45) is 4.99 Å². The van der Waals surface area contributed by atoms with E-state index in [9.17, 15) is 26.3 Å². The second-order valence-electron chi connectivity index (χ2n) is 5.96. The van der Waals surface area contributed by atoms with Crippen LogP contribution in [0.5, 0.6) is 0 Å². The summed E-state index contributed by atoms with van der Waals surface area (Å²) < 4.78 is 77.6. The summed E-state index contributed by atoms with van der Waals surface area (Å²) in [4.78, 5) is 4.22. The maximum absolute atomic E-state index is 12.9. The fourth-order valence-electron chi connectivity index (χ4n) is 2.89. The number of hydrogen-bond donors (Lipinski definition) is 2. The molecule has 0 aliphatic carbocycles. The van der Waals surface area contributed by atoms with Crippen molar-refractivity contribution in [1.29, 1.82) is 0 Å². The van der Waals surface area contributed by atoms with Gasteiger partial charge in [-0.2, -0.15) is 26.3 Å². The summed E-state index contributed by atoms with van der Waals surface area (Å²) in [7, 11) is 0. The zero-order valence-corrected chi connectivity index (χ0v) is 12.9. The van der Waals surface area contributed by atoms with Gasteiger partial charge in [0.15, 0.2) is 0 Å². The normalized spacial score (nSPS) is 21.6. The molecular formula is C16H15F6N3. The maximum atomic E-state index is 12.9. The molecule has 0 spiro atoms. The van der Waals surface area contributed by atoms with Crippen molar-refractivity contribution >= 4 is 11.4 Å². The first-order valence-corrected chi connectivity index (χ1v) is 7.68. The second kappa shape index (κ2) is 6.36. The summed E-state index contributed by atoms with van der Waals surface area (Å²) in [5.74, 6) is 0. The maximum Gasteiger partial charge on any atom is 0.416 e. The predicted octanol–water partition coefficient (Wildman–Crippen LogP) is 3.82. The molecule has 0 aromatic heterocycles. The molecule has 2 aliphatic heterocycles. The quantitative estimate of drug-likeness (QED) is 0.784. The Balaban J connectivity index is 1.96. The number of halogens is 6. The molecule has 3 nitrogen and oxygen atoms in total. The smallest absolute Gasteiger partial charge is 0.378 e. The number of aliphatic imine (C=N–C) groups is 1. The molecule has 0 saturated carbocycles. The van der Waals surface area contributed by atoms with Crippen molar-refractivity contribution in [1.82, 2.24) is 10.6 Å². The van der Waals surface area contributed by atoms with E-state index in [1.807, 2.05) is 0 Å². The molecule has 0 radical (unpaired) electrons. The number of hydrogen-bond acceptors (Lipinski definition) is 3. The number of alkyl halides is 6. The van der Waals surface area contributed by atoms with Crippen molar-refractivity contribution in [2.75, 3.05) is 13.1 Å². The van der Waals surface area contributed by atoms with Crippen LogP contribution >= 0.6 is 0 Å². The highest BCUT2D eigenvalue weighted by atomic mass is 19.4. The summed E-state index contributed by atoms with van der Waals surface area (Å²) in [6.45, 7) is 1.14. The van der Waals surface area contributed by atoms with E-state index in [0.29, 0.717) is 12.1 Å². The van der Waals surface area contributed by atoms with Gasteiger partial charge in [0.1, 0.15) is 0 Å². The van der Waals surface area contributed by atoms with Gasteiger partial charge in [-0.3, -0.25) is 4.99 Å². The third-order valence-corrected chi connectivity index (χ3v) is 4.18. The van der Waals surface area contributed by atoms with E-state index in [1.165, 1.54) is 6.20 Å². The minimum atomic E-state index is -4.87. The predicted molar refractivity (Wildman–Crippen MR) is 80.9 cm³/mol. The minimum absolute atomic E-state index is 0.0949. The topological polar surface area (TPSA) is 36.4 Å². The van der Waals surface area contributed by atoms with Crippen LogP contribution in [0.4, 0.5) is 26.3 Å². The molecule has 25 heavy (non-hydrogen) atoms. The highest BCUT2D eigenvalue weighted by Gasteiger charge is 2.37. The van der Waals surface area contributed by atoms with Gasteiger partial charge in [0.05, 0.1) is 35.3 Å². The fraction of sp³-hybridized carbons (Fsp3) is 0.438. The van der Waals surface area contributed by atoms with Gasteiger partial charge in [0.2, 0.25) is 0 Å². The van der Waals surface area contributed by atoms with Gasteiger partial charge >= 0.3 is 12.4 Å². The number of benzene rings is 1. The highest BCUT2D eigenvalue weighted by Crippen LogP contribution is 2.37. The van der Waals surface area contributed by atoms with Crippen LogP contribution in [0.25, 0.3) is 5.70 Å². The zero-order valence-electron chi connectivity index (χ0n) is 12.9. The van der Waals surface area contributed by atoms with Gasteiger partial charge in [-0.15, -0.1) is 0 Å². The molecule has 2 N–H and O–H groups in total. The fourth-order valence-corrected chi connectivity index (χ4v) is 2.89. The molecular weight excluding hydrogens is 348 g/mol. The third-order valence-electron chi connectivity index (χ3n) is 4.18. The van der Waals surface area contributed by atoms with Crippen LogP contribution in [0.3, 0.4) is 0 Å². The molecule has 2 aliphatic rings. The van der Waals surface area contributed by atoms with Gasteiger partial charge < -0.3 is 10.6 Å². The number of rotatable bonds is 2. The molecule has 136 valence electrons. The molecule has 9 heteroatoms. The summed E-state index contributed by atoms with van der Waals surface area (Å²) in [6, 6.07) is 1.60. The Bertz CT molecular complexity index is 679. The van der Waals surface area contributed by atoms with Gasteiger partial charge in [-0.05, 0) is 37.6 Å². The molecule has 1 aromatic rings. The van der Waals surface area contributed by atoms with Crippen LogP contribution in [-0.4, -0.2) is 24.8 Å². The van der Waals surface area contributed by atoms with Crippen LogP contribution in [0.15, 0.2) is 29.4 Å². The van der Waals surface area contributed by atoms with E-state index >= 15 is 0 Å². The Morgan fingerprint density at radius 2 is 1.60 bits per heavy atom. The van der Waals surface area contributed by atoms with E-state index in [4.69, 9.17) is 0 Å². The van der Waals surface area contributed by atoms with E-state index in [2.05, 4.69) is 15.6 Å². The first-order chi connectivity index (χ1) is 11.6. The Kier molecular flexibility index (Phi) is 4.52. The SMILES string of the molecule is FC(F)(F)c1cc(C2=CN=C([C@@H]3CCCN3)CN2)cc(C(F)(F)F)c1. The van der Waals surface area contributed by atoms with E-state index < -0.39 is 23.5 Å². The molecule has 2 heterocycles. The third kappa shape index (κ3) is 3.97. The lowest BCUT2D eigenvalue weighted by atomic mass is 10.0. The molecule has 0 amide bonds. The molecule has 1 saturated heterocycles. The van der Waals surface area contributed by atoms with E-state index in [-0.39, 0.29) is 29.9 Å². The Labute approximate surface area is 139 Å². The van der Waals surface area contributed by atoms with Crippen molar-refractivity contribution in [2.45, 2.75) is 31.2 Å². The van der Waals surface area contributed by atoms with Crippen molar-refractivity contribution in [3.8, 4) is 0 Å². The average molecular weight is 363 g/mol. The molecule has 1 aromatic carbocycles. The van der Waals surface area contributed by atoms with E-state index in [0.717, 1.165) is 25.1 Å². The molecule has 3 rings (SSSR count). The molecule has 1 fully saturated rings. The highest BCUT2D eigenvalue weighted by molar-refractivity contribution is 5.95. The summed E-state index contributed by atoms with van der Waals surface area (Å²) >= 11 is 0. The molecule has 0 bridgehead atoms. The number of nitrogens with zero attached hydrogens (tertiary/aromatic N) is 1. The van der Waals surface area contributed by atoms with Gasteiger partial charge in [-0.1, -0.05) is 0 Å². The molecule has 1 atom stereocenters. The van der Waals surface area contributed by atoms with Crippen LogP contribution < -0.4 is 10.6 Å². The van der Waals surface area contributed by atoms with Gasteiger partial charge in [-0.25, -0.2) is 0 Å². The minimum Gasteiger partial charge on any atom is -0.378 e. The average Bonchev–Trinajstić information content (AvgIpc) is 3.07. The van der Waals surface area contributed by atoms with Crippen LogP contribution in [0, 0.1) is 0 Å². The lowest BCUT2D eigenvalue weighted by Gasteiger charge is -2.22. The lowest BCUT2D eigenvalue weighted by Crippen LogP contribution is -2.38. The first-order valence-electron chi connectivity index (χ1n) is 7.68. The molecule has 0 unspecified atom stereocenters. The number of nitrogens with one attached hydrogen (secondary N) is 2. The lowest BCUT2D eigenvalue weighted by molar-refractivity contribution is -0.143. The van der Waals surface area contributed by atoms with Gasteiger partial charge in [0.25, 0.3) is 0 Å². The van der Waals surface area contributed by atoms with Crippen molar-refractivity contribution in [3.63, 3.8) is 0 Å². The largest absolute Gasteiger partial charge is 0.416 e. The van der Waals surface area contributed by atoms with Crippen LogP contribution in [0.1, 0.15) is 29.5 Å². The van der Waals surface area contributed by atoms with Crippen molar-refractivity contribution < 1.29 is 26.3 Å². The van der Waals surface area contributed by atoms with Crippen LogP contribution in [-0.2, 0) is 12.4 Å². The van der Waals surface area contributed by atoms with Crippen molar-refractivity contribution in [3.05, 3.63) is 41.1 Å². The standard InChI is InChI=1S/C16H15F6N3/c17-15(18,19)10-4-9(5-11(6-10)16(20,21)22)13-7-25-14(8-24-13)12-2-1-3-23-12/h4-7,12,23-24H,1-3,8H2/t12-/m0/s1. The Morgan fingerprint density at radius 3 is 2.04 bits per heavy atom. The van der Waals surface area contributed by atoms with E-state index in [1.54, 1.807) is 0 Å². The van der Waals surface area contributed by atoms with Gasteiger partial charge in [0, 0.05) is 11.6 Å². The second-order valence-corrected chi connectivity index (χ2v) is 5.96. The summed E-state index contributed by atoms with van der Waals surface area (Å²) in [6.07, 6.45) is -6.54. The monoisotopic (exact) mass is 363 g/mol. The summed E-state index contributed by atoms with van der Waals surface area (Å²) in [5, 5.41) is 6.12. The Hall–Kier alpha value is -2.03.